The van der Waals surface area contributed by atoms with Gasteiger partial charge in [0, 0.05) is 25.6 Å². The molecule has 0 aromatic rings. The van der Waals surface area contributed by atoms with Gasteiger partial charge >= 0.3 is 0 Å². The van der Waals surface area contributed by atoms with Crippen LogP contribution in [0.4, 0.5) is 0 Å². The van der Waals surface area contributed by atoms with E-state index in [0.717, 1.165) is 45.9 Å². The van der Waals surface area contributed by atoms with Gasteiger partial charge in [0.25, 0.3) is 0 Å². The summed E-state index contributed by atoms with van der Waals surface area (Å²) in [6.45, 7) is 7.88. The van der Waals surface area contributed by atoms with Gasteiger partial charge in [0.05, 0.1) is 25.4 Å². The fraction of sp³-hybridized carbons (Fsp3) is 1.00. The van der Waals surface area contributed by atoms with Crippen LogP contribution in [0.1, 0.15) is 19.8 Å². The first-order valence-electron chi connectivity index (χ1n) is 6.73. The third kappa shape index (κ3) is 3.39. The molecule has 2 saturated heterocycles. The Morgan fingerprint density at radius 2 is 2.35 bits per heavy atom. The van der Waals surface area contributed by atoms with Crippen LogP contribution < -0.4 is 11.3 Å². The highest BCUT2D eigenvalue weighted by Gasteiger charge is 2.34. The molecular formula is C12H25N3O2. The Bertz CT molecular complexity index is 220. The third-order valence-corrected chi connectivity index (χ3v) is 3.78. The maximum Gasteiger partial charge on any atom is 0.0872 e. The van der Waals surface area contributed by atoms with Crippen molar-refractivity contribution in [3.8, 4) is 0 Å². The topological polar surface area (TPSA) is 59.8 Å². The molecule has 2 aliphatic rings. The molecule has 2 fully saturated rings. The van der Waals surface area contributed by atoms with Gasteiger partial charge in [-0.25, -0.2) is 0 Å². The molecule has 5 heteroatoms. The van der Waals surface area contributed by atoms with Gasteiger partial charge in [0.1, 0.15) is 0 Å². The van der Waals surface area contributed by atoms with Crippen LogP contribution in [0.15, 0.2) is 0 Å². The number of nitrogens with one attached hydrogen (secondary N) is 1. The highest BCUT2D eigenvalue weighted by molar-refractivity contribution is 4.88. The van der Waals surface area contributed by atoms with Crippen LogP contribution in [-0.2, 0) is 9.47 Å². The molecule has 0 amide bonds. The summed E-state index contributed by atoms with van der Waals surface area (Å²) in [5.74, 6) is 6.19. The maximum atomic E-state index is 5.88. The molecule has 3 atom stereocenters. The van der Waals surface area contributed by atoms with E-state index in [-0.39, 0.29) is 12.1 Å². The van der Waals surface area contributed by atoms with E-state index in [4.69, 9.17) is 15.3 Å². The number of hydrogen-bond donors (Lipinski definition) is 2. The van der Waals surface area contributed by atoms with Gasteiger partial charge < -0.3 is 9.47 Å². The number of morpholine rings is 1. The minimum absolute atomic E-state index is 0.201. The van der Waals surface area contributed by atoms with Crippen molar-refractivity contribution < 1.29 is 9.47 Å². The molecule has 2 rings (SSSR count). The van der Waals surface area contributed by atoms with Crippen LogP contribution in [0.3, 0.4) is 0 Å². The Morgan fingerprint density at radius 3 is 3.00 bits per heavy atom. The summed E-state index contributed by atoms with van der Waals surface area (Å²) in [7, 11) is 0. The van der Waals surface area contributed by atoms with Crippen molar-refractivity contribution >= 4 is 0 Å². The molecule has 0 aromatic heterocycles. The standard InChI is InChI=1S/C12H25N3O2/c1-2-4-15-5-7-17-11(8-15)12(14-13)10-3-6-16-9-10/h10-12,14H,2-9,13H2,1H3. The Balaban J connectivity index is 1.89. The third-order valence-electron chi connectivity index (χ3n) is 3.78. The molecule has 0 aliphatic carbocycles. The first-order valence-corrected chi connectivity index (χ1v) is 6.73. The molecule has 0 bridgehead atoms. The van der Waals surface area contributed by atoms with E-state index in [9.17, 15) is 0 Å². The van der Waals surface area contributed by atoms with E-state index in [1.807, 2.05) is 0 Å². The van der Waals surface area contributed by atoms with Gasteiger partial charge in [-0.1, -0.05) is 6.92 Å². The van der Waals surface area contributed by atoms with E-state index < -0.39 is 0 Å². The lowest BCUT2D eigenvalue weighted by atomic mass is 9.93. The average Bonchev–Trinajstić information content (AvgIpc) is 2.85. The molecule has 17 heavy (non-hydrogen) atoms. The number of hydrogen-bond acceptors (Lipinski definition) is 5. The monoisotopic (exact) mass is 243 g/mol. The van der Waals surface area contributed by atoms with Crippen molar-refractivity contribution in [3.63, 3.8) is 0 Å². The normalized spacial score (nSPS) is 32.8. The summed E-state index contributed by atoms with van der Waals surface area (Å²) in [5.41, 5.74) is 2.94. The summed E-state index contributed by atoms with van der Waals surface area (Å²) in [6, 6.07) is 0.220. The van der Waals surface area contributed by atoms with Gasteiger partial charge in [-0.05, 0) is 19.4 Å². The zero-order valence-corrected chi connectivity index (χ0v) is 10.7. The number of hydrazine groups is 1. The van der Waals surface area contributed by atoms with E-state index in [0.29, 0.717) is 5.92 Å². The van der Waals surface area contributed by atoms with Crippen molar-refractivity contribution in [2.24, 2.45) is 11.8 Å². The molecule has 2 aliphatic heterocycles. The summed E-state index contributed by atoms with van der Waals surface area (Å²) in [4.78, 5) is 2.47. The molecule has 0 saturated carbocycles. The van der Waals surface area contributed by atoms with Gasteiger partial charge in [-0.15, -0.1) is 0 Å². The number of nitrogens with zero attached hydrogens (tertiary/aromatic N) is 1. The van der Waals surface area contributed by atoms with Crippen LogP contribution >= 0.6 is 0 Å². The van der Waals surface area contributed by atoms with E-state index in [1.54, 1.807) is 0 Å². The van der Waals surface area contributed by atoms with Gasteiger partial charge in [0.15, 0.2) is 0 Å². The highest BCUT2D eigenvalue weighted by atomic mass is 16.5. The summed E-state index contributed by atoms with van der Waals surface area (Å²) in [6.07, 6.45) is 2.48. The summed E-state index contributed by atoms with van der Waals surface area (Å²) >= 11 is 0. The molecule has 0 radical (unpaired) electrons. The first kappa shape index (κ1) is 13.2. The zero-order chi connectivity index (χ0) is 12.1. The number of rotatable bonds is 5. The van der Waals surface area contributed by atoms with Crippen LogP contribution in [-0.4, -0.2) is 56.5 Å². The molecule has 5 nitrogen and oxygen atoms in total. The Morgan fingerprint density at radius 1 is 1.47 bits per heavy atom. The van der Waals surface area contributed by atoms with Gasteiger partial charge in [-0.3, -0.25) is 16.2 Å². The van der Waals surface area contributed by atoms with Crippen LogP contribution in [0.5, 0.6) is 0 Å². The van der Waals surface area contributed by atoms with Crippen LogP contribution in [0.25, 0.3) is 0 Å². The predicted octanol–water partition coefficient (Wildman–Crippen LogP) is -0.0344. The lowest BCUT2D eigenvalue weighted by Crippen LogP contribution is -2.57. The van der Waals surface area contributed by atoms with Crippen molar-refractivity contribution in [2.75, 3.05) is 39.5 Å². The van der Waals surface area contributed by atoms with Crippen LogP contribution in [0, 0.1) is 5.92 Å². The predicted molar refractivity (Wildman–Crippen MR) is 66.5 cm³/mol. The largest absolute Gasteiger partial charge is 0.381 e. The van der Waals surface area contributed by atoms with E-state index >= 15 is 0 Å². The smallest absolute Gasteiger partial charge is 0.0872 e. The average molecular weight is 243 g/mol. The second-order valence-corrected chi connectivity index (χ2v) is 5.03. The second-order valence-electron chi connectivity index (χ2n) is 5.03. The molecular weight excluding hydrogens is 218 g/mol. The molecule has 0 aromatic carbocycles. The zero-order valence-electron chi connectivity index (χ0n) is 10.7. The SMILES string of the molecule is CCCN1CCOC(C(NN)C2CCOC2)C1. The molecule has 0 spiro atoms. The quantitative estimate of drug-likeness (QED) is 0.524. The van der Waals surface area contributed by atoms with E-state index in [1.165, 1.54) is 6.42 Å². The minimum atomic E-state index is 0.201. The fourth-order valence-corrected chi connectivity index (χ4v) is 2.85. The minimum Gasteiger partial charge on any atom is -0.381 e. The summed E-state index contributed by atoms with van der Waals surface area (Å²) < 4.78 is 11.3. The lowest BCUT2D eigenvalue weighted by Gasteiger charge is -2.38. The van der Waals surface area contributed by atoms with Crippen molar-refractivity contribution in [3.05, 3.63) is 0 Å². The van der Waals surface area contributed by atoms with Gasteiger partial charge in [-0.2, -0.15) is 0 Å². The van der Waals surface area contributed by atoms with Crippen molar-refractivity contribution in [1.29, 1.82) is 0 Å². The number of ether oxygens (including phenoxy) is 2. The molecule has 3 N–H and O–H groups in total. The Labute approximate surface area is 104 Å². The maximum absolute atomic E-state index is 5.88. The van der Waals surface area contributed by atoms with Crippen molar-refractivity contribution in [2.45, 2.75) is 31.9 Å². The molecule has 100 valence electrons. The lowest BCUT2D eigenvalue weighted by molar-refractivity contribution is -0.0569. The Hall–Kier alpha value is -0.200. The van der Waals surface area contributed by atoms with Crippen molar-refractivity contribution in [1.82, 2.24) is 10.3 Å². The van der Waals surface area contributed by atoms with E-state index in [2.05, 4.69) is 17.2 Å². The summed E-state index contributed by atoms with van der Waals surface area (Å²) in [5, 5.41) is 0. The first-order chi connectivity index (χ1) is 8.35. The van der Waals surface area contributed by atoms with Gasteiger partial charge in [0.2, 0.25) is 0 Å². The van der Waals surface area contributed by atoms with Crippen LogP contribution in [0.2, 0.25) is 0 Å². The Kier molecular flexibility index (Phi) is 5.18. The number of nitrogens with two attached hydrogens (primary N) is 1. The molecule has 3 unspecified atom stereocenters. The molecule has 2 heterocycles. The second kappa shape index (κ2) is 6.66. The highest BCUT2D eigenvalue weighted by Crippen LogP contribution is 2.22. The fourth-order valence-electron chi connectivity index (χ4n) is 2.85.